The molecular weight excluding hydrogens is 392 g/mol. The molecule has 1 aliphatic heterocycles. The molecule has 0 fully saturated rings. The zero-order chi connectivity index (χ0) is 21.7. The fourth-order valence-corrected chi connectivity index (χ4v) is 3.61. The van der Waals surface area contributed by atoms with Crippen LogP contribution < -0.4 is 15.4 Å². The van der Waals surface area contributed by atoms with Crippen LogP contribution in [0.15, 0.2) is 36.4 Å². The number of hydrogen-bond donors (Lipinski definition) is 3. The number of nitrogens with zero attached hydrogens (tertiary/aromatic N) is 1. The molecule has 0 aliphatic carbocycles. The number of nitrogens with one attached hydrogen (secondary N) is 2. The van der Waals surface area contributed by atoms with Gasteiger partial charge in [-0.15, -0.1) is 0 Å². The van der Waals surface area contributed by atoms with Crippen LogP contribution in [0.25, 0.3) is 0 Å². The summed E-state index contributed by atoms with van der Waals surface area (Å²) in [6, 6.07) is 9.53. The van der Waals surface area contributed by atoms with Gasteiger partial charge in [-0.3, -0.25) is 4.79 Å². The standard InChI is InChI=1S/C22H23F2N3O3/c1-13(28)27-20(9-15-6-16(23)10-17(24)7-15)21(29)12-26-19-4-5-30-22-3-2-14(11-25)8-18(19)22/h2-3,6-8,10,19-21,26,29H,4-5,9,12H2,1H3,(H,27,28)/t19-,20-,21+/m0/s1. The molecule has 6 nitrogen and oxygen atoms in total. The summed E-state index contributed by atoms with van der Waals surface area (Å²) in [6.45, 7) is 1.94. The molecule has 30 heavy (non-hydrogen) atoms. The molecule has 3 rings (SSSR count). The highest BCUT2D eigenvalue weighted by Crippen LogP contribution is 2.32. The predicted molar refractivity (Wildman–Crippen MR) is 106 cm³/mol. The maximum atomic E-state index is 13.5. The second kappa shape index (κ2) is 9.65. The lowest BCUT2D eigenvalue weighted by atomic mass is 9.97. The Morgan fingerprint density at radius 1 is 1.30 bits per heavy atom. The second-order valence-corrected chi connectivity index (χ2v) is 7.32. The van der Waals surface area contributed by atoms with Gasteiger partial charge in [-0.2, -0.15) is 5.26 Å². The Hall–Kier alpha value is -3.02. The molecule has 0 aromatic heterocycles. The number of carbonyl (C=O) groups is 1. The summed E-state index contributed by atoms with van der Waals surface area (Å²) in [7, 11) is 0. The van der Waals surface area contributed by atoms with Gasteiger partial charge >= 0.3 is 0 Å². The lowest BCUT2D eigenvalue weighted by Gasteiger charge is -2.30. The first kappa shape index (κ1) is 21.7. The molecule has 0 spiro atoms. The molecule has 3 N–H and O–H groups in total. The number of nitriles is 1. The van der Waals surface area contributed by atoms with Crippen molar-refractivity contribution in [2.75, 3.05) is 13.2 Å². The Balaban J connectivity index is 1.70. The van der Waals surface area contributed by atoms with Crippen molar-refractivity contribution in [3.8, 4) is 11.8 Å². The highest BCUT2D eigenvalue weighted by atomic mass is 19.1. The average molecular weight is 415 g/mol. The quantitative estimate of drug-likeness (QED) is 0.646. The molecule has 158 valence electrons. The van der Waals surface area contributed by atoms with Crippen molar-refractivity contribution in [2.45, 2.75) is 38.0 Å². The van der Waals surface area contributed by atoms with Crippen LogP contribution in [0, 0.1) is 23.0 Å². The first-order valence-corrected chi connectivity index (χ1v) is 9.66. The third-order valence-corrected chi connectivity index (χ3v) is 4.98. The predicted octanol–water partition coefficient (Wildman–Crippen LogP) is 2.36. The van der Waals surface area contributed by atoms with Crippen LogP contribution in [0.5, 0.6) is 5.75 Å². The fourth-order valence-electron chi connectivity index (χ4n) is 3.61. The third-order valence-electron chi connectivity index (χ3n) is 4.98. The Bertz CT molecular complexity index is 941. The summed E-state index contributed by atoms with van der Waals surface area (Å²) in [5.41, 5.74) is 1.67. The van der Waals surface area contributed by atoms with E-state index in [4.69, 9.17) is 10.00 Å². The van der Waals surface area contributed by atoms with E-state index in [1.165, 1.54) is 19.1 Å². The smallest absolute Gasteiger partial charge is 0.217 e. The molecule has 1 amide bonds. The number of ether oxygens (including phenoxy) is 1. The normalized spacial score (nSPS) is 17.2. The van der Waals surface area contributed by atoms with E-state index in [2.05, 4.69) is 16.7 Å². The van der Waals surface area contributed by atoms with Gasteiger partial charge in [0.05, 0.1) is 30.4 Å². The van der Waals surface area contributed by atoms with E-state index in [0.717, 1.165) is 11.6 Å². The highest BCUT2D eigenvalue weighted by molar-refractivity contribution is 5.73. The summed E-state index contributed by atoms with van der Waals surface area (Å²) in [4.78, 5) is 11.6. The van der Waals surface area contributed by atoms with Crippen molar-refractivity contribution in [3.05, 3.63) is 64.7 Å². The number of benzene rings is 2. The molecule has 0 saturated carbocycles. The number of halogens is 2. The van der Waals surface area contributed by atoms with Gasteiger partial charge in [-0.05, 0) is 42.3 Å². The molecule has 0 bridgehead atoms. The van der Waals surface area contributed by atoms with Crippen LogP contribution in [0.4, 0.5) is 8.78 Å². The van der Waals surface area contributed by atoms with E-state index in [-0.39, 0.29) is 24.9 Å². The van der Waals surface area contributed by atoms with Gasteiger partial charge in [0.2, 0.25) is 5.91 Å². The zero-order valence-corrected chi connectivity index (χ0v) is 16.5. The number of amides is 1. The number of hydrogen-bond acceptors (Lipinski definition) is 5. The van der Waals surface area contributed by atoms with Crippen LogP contribution in [0.2, 0.25) is 0 Å². The maximum Gasteiger partial charge on any atom is 0.217 e. The summed E-state index contributed by atoms with van der Waals surface area (Å²) in [5, 5.41) is 25.7. The van der Waals surface area contributed by atoms with Crippen molar-refractivity contribution in [1.82, 2.24) is 10.6 Å². The van der Waals surface area contributed by atoms with Crippen molar-refractivity contribution < 1.29 is 23.4 Å². The molecule has 1 aliphatic rings. The topological polar surface area (TPSA) is 94.4 Å². The summed E-state index contributed by atoms with van der Waals surface area (Å²) >= 11 is 0. The minimum Gasteiger partial charge on any atom is -0.493 e. The highest BCUT2D eigenvalue weighted by Gasteiger charge is 2.26. The first-order valence-electron chi connectivity index (χ1n) is 9.66. The number of aliphatic hydroxyl groups is 1. The fraction of sp³-hybridized carbons (Fsp3) is 0.364. The molecule has 0 unspecified atom stereocenters. The van der Waals surface area contributed by atoms with E-state index in [1.54, 1.807) is 18.2 Å². The molecule has 0 saturated heterocycles. The van der Waals surface area contributed by atoms with Crippen molar-refractivity contribution in [2.24, 2.45) is 0 Å². The molecule has 2 aromatic rings. The third kappa shape index (κ3) is 5.53. The minimum absolute atomic E-state index is 0.0695. The van der Waals surface area contributed by atoms with E-state index in [0.29, 0.717) is 29.9 Å². The van der Waals surface area contributed by atoms with Crippen molar-refractivity contribution in [1.29, 1.82) is 5.26 Å². The van der Waals surface area contributed by atoms with Gasteiger partial charge in [-0.1, -0.05) is 0 Å². The molecular formula is C22H23F2N3O3. The number of carbonyl (C=O) groups excluding carboxylic acids is 1. The average Bonchev–Trinajstić information content (AvgIpc) is 2.70. The SMILES string of the molecule is CC(=O)N[C@@H](Cc1cc(F)cc(F)c1)[C@H](O)CN[C@H]1CCOc2ccc(C#N)cc21. The molecule has 0 radical (unpaired) electrons. The van der Waals surface area contributed by atoms with E-state index >= 15 is 0 Å². The molecule has 8 heteroatoms. The Kier molecular flexibility index (Phi) is 6.98. The summed E-state index contributed by atoms with van der Waals surface area (Å²) in [5.74, 6) is -1.11. The zero-order valence-electron chi connectivity index (χ0n) is 16.5. The molecule has 2 aromatic carbocycles. The molecule has 3 atom stereocenters. The van der Waals surface area contributed by atoms with Crippen LogP contribution in [0.3, 0.4) is 0 Å². The largest absolute Gasteiger partial charge is 0.493 e. The van der Waals surface area contributed by atoms with Crippen molar-refractivity contribution in [3.63, 3.8) is 0 Å². The van der Waals surface area contributed by atoms with Gasteiger partial charge in [0, 0.05) is 37.6 Å². The molecule has 1 heterocycles. The van der Waals surface area contributed by atoms with Gasteiger partial charge in [0.25, 0.3) is 0 Å². The Morgan fingerprint density at radius 2 is 2.03 bits per heavy atom. The lowest BCUT2D eigenvalue weighted by Crippen LogP contribution is -2.48. The van der Waals surface area contributed by atoms with Gasteiger partial charge in [0.1, 0.15) is 17.4 Å². The van der Waals surface area contributed by atoms with Crippen molar-refractivity contribution >= 4 is 5.91 Å². The van der Waals surface area contributed by atoms with Gasteiger partial charge in [-0.25, -0.2) is 8.78 Å². The van der Waals surface area contributed by atoms with Gasteiger partial charge < -0.3 is 20.5 Å². The number of aliphatic hydroxyl groups excluding tert-OH is 1. The van der Waals surface area contributed by atoms with E-state index in [9.17, 15) is 18.7 Å². The van der Waals surface area contributed by atoms with E-state index in [1.807, 2.05) is 0 Å². The van der Waals surface area contributed by atoms with E-state index < -0.39 is 23.8 Å². The van der Waals surface area contributed by atoms with Crippen LogP contribution in [-0.4, -0.2) is 36.3 Å². The number of rotatable bonds is 7. The monoisotopic (exact) mass is 415 g/mol. The van der Waals surface area contributed by atoms with Gasteiger partial charge in [0.15, 0.2) is 0 Å². The first-order chi connectivity index (χ1) is 14.4. The minimum atomic E-state index is -1.01. The number of fused-ring (bicyclic) bond motifs is 1. The summed E-state index contributed by atoms with van der Waals surface area (Å²) in [6.07, 6.45) is -0.292. The second-order valence-electron chi connectivity index (χ2n) is 7.32. The van der Waals surface area contributed by atoms with Crippen LogP contribution in [0.1, 0.15) is 36.1 Å². The summed E-state index contributed by atoms with van der Waals surface area (Å²) < 4.78 is 32.6. The van der Waals surface area contributed by atoms with Crippen LogP contribution >= 0.6 is 0 Å². The maximum absolute atomic E-state index is 13.5. The van der Waals surface area contributed by atoms with Crippen LogP contribution in [-0.2, 0) is 11.2 Å². The Labute approximate surface area is 173 Å². The lowest BCUT2D eigenvalue weighted by molar-refractivity contribution is -0.120. The Morgan fingerprint density at radius 3 is 2.70 bits per heavy atom.